The number of ether oxygens (including phenoxy) is 1. The molecule has 17 heavy (non-hydrogen) atoms. The minimum absolute atomic E-state index is 0.243. The number of hydrogen-bond acceptors (Lipinski definition) is 3. The van der Waals surface area contributed by atoms with E-state index in [9.17, 15) is 4.79 Å². The van der Waals surface area contributed by atoms with Crippen LogP contribution >= 0.6 is 0 Å². The van der Waals surface area contributed by atoms with Crippen molar-refractivity contribution in [1.82, 2.24) is 10.3 Å². The van der Waals surface area contributed by atoms with E-state index in [4.69, 9.17) is 0 Å². The van der Waals surface area contributed by atoms with Crippen LogP contribution in [-0.4, -0.2) is 24.1 Å². The van der Waals surface area contributed by atoms with Crippen LogP contribution in [0.3, 0.4) is 0 Å². The van der Waals surface area contributed by atoms with E-state index in [-0.39, 0.29) is 12.0 Å². The topological polar surface area (TPSA) is 54.1 Å². The maximum atomic E-state index is 11.2. The Morgan fingerprint density at radius 2 is 2.29 bits per heavy atom. The molecule has 0 saturated heterocycles. The van der Waals surface area contributed by atoms with Crippen molar-refractivity contribution < 1.29 is 9.53 Å². The van der Waals surface area contributed by atoms with E-state index in [1.807, 2.05) is 24.4 Å². The average Bonchev–Trinajstić information content (AvgIpc) is 2.82. The summed E-state index contributed by atoms with van der Waals surface area (Å²) in [6.07, 6.45) is 1.92. The van der Waals surface area contributed by atoms with Crippen molar-refractivity contribution in [2.24, 2.45) is 0 Å². The van der Waals surface area contributed by atoms with Crippen LogP contribution in [0.5, 0.6) is 0 Å². The highest BCUT2D eigenvalue weighted by atomic mass is 16.5. The Kier molecular flexibility index (Phi) is 3.44. The Morgan fingerprint density at radius 3 is 3.06 bits per heavy atom. The second-order valence-corrected chi connectivity index (χ2v) is 4.03. The average molecular weight is 232 g/mol. The van der Waals surface area contributed by atoms with Gasteiger partial charge in [0.05, 0.1) is 7.11 Å². The molecule has 0 fully saturated rings. The largest absolute Gasteiger partial charge is 0.468 e. The number of nitrogens with one attached hydrogen (secondary N) is 2. The highest BCUT2D eigenvalue weighted by Crippen LogP contribution is 2.14. The molecule has 0 bridgehead atoms. The Labute approximate surface area is 100.0 Å². The third-order valence-electron chi connectivity index (χ3n) is 2.78. The summed E-state index contributed by atoms with van der Waals surface area (Å²) in [5.41, 5.74) is 2.27. The van der Waals surface area contributed by atoms with Crippen LogP contribution in [0.1, 0.15) is 12.5 Å². The highest BCUT2D eigenvalue weighted by molar-refractivity contribution is 5.80. The number of methoxy groups -OCH3 is 1. The summed E-state index contributed by atoms with van der Waals surface area (Å²) >= 11 is 0. The fraction of sp³-hybridized carbons (Fsp3) is 0.308. The molecular formula is C13H16N2O2. The van der Waals surface area contributed by atoms with Gasteiger partial charge in [0.2, 0.25) is 0 Å². The first-order chi connectivity index (χ1) is 8.20. The van der Waals surface area contributed by atoms with Crippen molar-refractivity contribution in [3.05, 3.63) is 36.0 Å². The van der Waals surface area contributed by atoms with Gasteiger partial charge in [-0.3, -0.25) is 4.79 Å². The molecule has 1 atom stereocenters. The molecule has 1 aromatic carbocycles. The molecule has 1 unspecified atom stereocenters. The molecule has 2 N–H and O–H groups in total. The molecule has 90 valence electrons. The number of rotatable bonds is 4. The van der Waals surface area contributed by atoms with Gasteiger partial charge in [-0.2, -0.15) is 0 Å². The van der Waals surface area contributed by atoms with Crippen molar-refractivity contribution in [2.45, 2.75) is 19.5 Å². The first kappa shape index (κ1) is 11.7. The van der Waals surface area contributed by atoms with E-state index in [2.05, 4.69) is 21.1 Å². The molecule has 0 radical (unpaired) electrons. The predicted octanol–water partition coefficient (Wildman–Crippen LogP) is 1.82. The van der Waals surface area contributed by atoms with Gasteiger partial charge >= 0.3 is 5.97 Å². The number of H-pyrrole nitrogens is 1. The Balaban J connectivity index is 2.01. The predicted molar refractivity (Wildman–Crippen MR) is 66.6 cm³/mol. The van der Waals surface area contributed by atoms with Gasteiger partial charge in [-0.1, -0.05) is 6.07 Å². The molecule has 1 heterocycles. The molecule has 4 nitrogen and oxygen atoms in total. The molecule has 0 amide bonds. The zero-order chi connectivity index (χ0) is 12.3. The van der Waals surface area contributed by atoms with Gasteiger partial charge in [-0.05, 0) is 36.1 Å². The van der Waals surface area contributed by atoms with E-state index >= 15 is 0 Å². The summed E-state index contributed by atoms with van der Waals surface area (Å²) < 4.78 is 4.65. The van der Waals surface area contributed by atoms with Crippen LogP contribution in [0.4, 0.5) is 0 Å². The lowest BCUT2D eigenvalue weighted by Crippen LogP contribution is -2.34. The second-order valence-electron chi connectivity index (χ2n) is 4.03. The number of aromatic nitrogens is 1. The number of carbonyl (C=O) groups excluding carboxylic acids is 1. The smallest absolute Gasteiger partial charge is 0.322 e. The van der Waals surface area contributed by atoms with Gasteiger partial charge in [0.15, 0.2) is 0 Å². The van der Waals surface area contributed by atoms with Gasteiger partial charge in [0.1, 0.15) is 6.04 Å². The standard InChI is InChI=1S/C13H16N2O2/c1-9(13(16)17-2)15-8-10-3-4-12-11(7-10)5-6-14-12/h3-7,9,14-15H,8H2,1-2H3. The zero-order valence-electron chi connectivity index (χ0n) is 9.99. The van der Waals surface area contributed by atoms with Crippen LogP contribution in [0.2, 0.25) is 0 Å². The number of benzene rings is 1. The molecule has 0 aliphatic heterocycles. The Morgan fingerprint density at radius 1 is 1.47 bits per heavy atom. The highest BCUT2D eigenvalue weighted by Gasteiger charge is 2.11. The van der Waals surface area contributed by atoms with E-state index in [0.29, 0.717) is 6.54 Å². The number of carbonyl (C=O) groups is 1. The van der Waals surface area contributed by atoms with E-state index in [0.717, 1.165) is 11.1 Å². The summed E-state index contributed by atoms with van der Waals surface area (Å²) in [7, 11) is 1.40. The molecule has 0 spiro atoms. The molecule has 0 aliphatic rings. The van der Waals surface area contributed by atoms with Crippen LogP contribution in [0, 0.1) is 0 Å². The lowest BCUT2D eigenvalue weighted by molar-refractivity contribution is -0.142. The third kappa shape index (κ3) is 2.65. The number of fused-ring (bicyclic) bond motifs is 1. The Hall–Kier alpha value is -1.81. The molecule has 2 aromatic rings. The van der Waals surface area contributed by atoms with Crippen LogP contribution in [-0.2, 0) is 16.1 Å². The quantitative estimate of drug-likeness (QED) is 0.791. The summed E-state index contributed by atoms with van der Waals surface area (Å²) in [5, 5.41) is 4.30. The van der Waals surface area contributed by atoms with Gasteiger partial charge in [0, 0.05) is 18.3 Å². The van der Waals surface area contributed by atoms with E-state index in [1.165, 1.54) is 12.5 Å². The minimum Gasteiger partial charge on any atom is -0.468 e. The maximum Gasteiger partial charge on any atom is 0.322 e. The molecule has 4 heteroatoms. The first-order valence-corrected chi connectivity index (χ1v) is 5.58. The molecule has 0 saturated carbocycles. The molecule has 1 aromatic heterocycles. The summed E-state index contributed by atoms with van der Waals surface area (Å²) in [5.74, 6) is -0.243. The summed E-state index contributed by atoms with van der Waals surface area (Å²) in [6.45, 7) is 2.44. The third-order valence-corrected chi connectivity index (χ3v) is 2.78. The van der Waals surface area contributed by atoms with Crippen molar-refractivity contribution in [2.75, 3.05) is 7.11 Å². The normalized spacial score (nSPS) is 12.6. The number of hydrogen-bond donors (Lipinski definition) is 2. The summed E-state index contributed by atoms with van der Waals surface area (Å²) in [6, 6.07) is 7.91. The van der Waals surface area contributed by atoms with E-state index < -0.39 is 0 Å². The van der Waals surface area contributed by atoms with Crippen LogP contribution < -0.4 is 5.32 Å². The maximum absolute atomic E-state index is 11.2. The van der Waals surface area contributed by atoms with E-state index in [1.54, 1.807) is 6.92 Å². The van der Waals surface area contributed by atoms with Gasteiger partial charge < -0.3 is 15.0 Å². The van der Waals surface area contributed by atoms with Crippen molar-refractivity contribution >= 4 is 16.9 Å². The van der Waals surface area contributed by atoms with Crippen molar-refractivity contribution in [1.29, 1.82) is 0 Å². The van der Waals surface area contributed by atoms with Crippen LogP contribution in [0.25, 0.3) is 10.9 Å². The zero-order valence-corrected chi connectivity index (χ0v) is 9.99. The van der Waals surface area contributed by atoms with Crippen LogP contribution in [0.15, 0.2) is 30.5 Å². The first-order valence-electron chi connectivity index (χ1n) is 5.58. The number of esters is 1. The summed E-state index contributed by atoms with van der Waals surface area (Å²) in [4.78, 5) is 14.4. The monoisotopic (exact) mass is 232 g/mol. The van der Waals surface area contributed by atoms with Gasteiger partial charge in [-0.25, -0.2) is 0 Å². The lowest BCUT2D eigenvalue weighted by Gasteiger charge is -2.11. The SMILES string of the molecule is COC(=O)C(C)NCc1ccc2[nH]ccc2c1. The molecule has 2 rings (SSSR count). The Bertz CT molecular complexity index is 519. The van der Waals surface area contributed by atoms with Gasteiger partial charge in [0.25, 0.3) is 0 Å². The van der Waals surface area contributed by atoms with Crippen molar-refractivity contribution in [3.8, 4) is 0 Å². The fourth-order valence-corrected chi connectivity index (χ4v) is 1.74. The van der Waals surface area contributed by atoms with Gasteiger partial charge in [-0.15, -0.1) is 0 Å². The fourth-order valence-electron chi connectivity index (χ4n) is 1.74. The second kappa shape index (κ2) is 5.01. The molecular weight excluding hydrogens is 216 g/mol. The van der Waals surface area contributed by atoms with Crippen molar-refractivity contribution in [3.63, 3.8) is 0 Å². The number of aromatic amines is 1. The minimum atomic E-state index is -0.290. The molecule has 0 aliphatic carbocycles. The lowest BCUT2D eigenvalue weighted by atomic mass is 10.1.